The fourth-order valence-corrected chi connectivity index (χ4v) is 3.97. The molecule has 0 radical (unpaired) electrons. The molecular formula is C15H30N2O5S. The van der Waals surface area contributed by atoms with E-state index < -0.39 is 21.4 Å². The van der Waals surface area contributed by atoms with Gasteiger partial charge in [0, 0.05) is 34.4 Å². The number of rotatable bonds is 10. The molecule has 1 rings (SSSR count). The molecule has 1 aliphatic heterocycles. The van der Waals surface area contributed by atoms with Gasteiger partial charge in [-0.05, 0) is 45.2 Å². The summed E-state index contributed by atoms with van der Waals surface area (Å²) in [5.41, 5.74) is -0.725. The molecule has 0 aromatic carbocycles. The third-order valence-corrected chi connectivity index (χ3v) is 6.46. The Kier molecular flexibility index (Phi) is 7.93. The van der Waals surface area contributed by atoms with E-state index in [4.69, 9.17) is 4.74 Å². The van der Waals surface area contributed by atoms with Crippen LogP contribution in [0.4, 0.5) is 0 Å². The van der Waals surface area contributed by atoms with E-state index in [0.717, 1.165) is 19.4 Å². The number of methoxy groups -OCH3 is 1. The fraction of sp³-hybridized carbons (Fsp3) is 0.933. The highest BCUT2D eigenvalue weighted by atomic mass is 32.2. The molecular weight excluding hydrogens is 320 g/mol. The standard InChI is InChI=1S/C15H30N2O5S/c1-16(2)23(20,21)12-6-10-17-9-4-7-15(13-17,14(18)19)8-5-11-22-3/h4-13H2,1-3H3,(H,18,19). The maximum Gasteiger partial charge on any atom is 0.310 e. The number of sulfonamides is 1. The lowest BCUT2D eigenvalue weighted by Gasteiger charge is -2.40. The Labute approximate surface area is 139 Å². The number of piperidine rings is 1. The van der Waals surface area contributed by atoms with Crippen molar-refractivity contribution < 1.29 is 23.1 Å². The van der Waals surface area contributed by atoms with Gasteiger partial charge in [0.2, 0.25) is 10.0 Å². The second-order valence-corrected chi connectivity index (χ2v) is 8.82. The van der Waals surface area contributed by atoms with Crippen molar-refractivity contribution in [3.63, 3.8) is 0 Å². The van der Waals surface area contributed by atoms with Gasteiger partial charge in [0.05, 0.1) is 11.2 Å². The highest BCUT2D eigenvalue weighted by Gasteiger charge is 2.41. The van der Waals surface area contributed by atoms with Crippen LogP contribution in [0.1, 0.15) is 32.1 Å². The van der Waals surface area contributed by atoms with Crippen LogP contribution in [0.15, 0.2) is 0 Å². The molecule has 1 atom stereocenters. The van der Waals surface area contributed by atoms with E-state index in [-0.39, 0.29) is 5.75 Å². The second-order valence-electron chi connectivity index (χ2n) is 6.51. The van der Waals surface area contributed by atoms with Gasteiger partial charge in [-0.3, -0.25) is 4.79 Å². The summed E-state index contributed by atoms with van der Waals surface area (Å²) in [5, 5.41) is 9.66. The summed E-state index contributed by atoms with van der Waals surface area (Å²) in [6.07, 6.45) is 3.36. The summed E-state index contributed by atoms with van der Waals surface area (Å²) in [7, 11) is 1.49. The molecule has 0 aliphatic carbocycles. The molecule has 8 heteroatoms. The van der Waals surface area contributed by atoms with Crippen LogP contribution < -0.4 is 0 Å². The maximum absolute atomic E-state index is 11.8. The highest BCUT2D eigenvalue weighted by Crippen LogP contribution is 2.35. The first kappa shape index (κ1) is 20.3. The molecule has 0 aromatic rings. The molecule has 7 nitrogen and oxygen atoms in total. The zero-order valence-corrected chi connectivity index (χ0v) is 15.3. The number of nitrogens with zero attached hydrogens (tertiary/aromatic N) is 2. The molecule has 1 fully saturated rings. The van der Waals surface area contributed by atoms with Crippen LogP contribution in [-0.2, 0) is 19.6 Å². The summed E-state index contributed by atoms with van der Waals surface area (Å²) in [4.78, 5) is 13.9. The molecule has 1 unspecified atom stereocenters. The summed E-state index contributed by atoms with van der Waals surface area (Å²) in [5.74, 6) is -0.653. The average molecular weight is 350 g/mol. The Morgan fingerprint density at radius 1 is 1.35 bits per heavy atom. The summed E-state index contributed by atoms with van der Waals surface area (Å²) in [6.45, 7) is 2.51. The van der Waals surface area contributed by atoms with E-state index in [2.05, 4.69) is 4.90 Å². The van der Waals surface area contributed by atoms with E-state index in [0.29, 0.717) is 39.0 Å². The van der Waals surface area contributed by atoms with E-state index in [1.807, 2.05) is 0 Å². The van der Waals surface area contributed by atoms with Gasteiger partial charge in [-0.2, -0.15) is 0 Å². The molecule has 23 heavy (non-hydrogen) atoms. The zero-order valence-electron chi connectivity index (χ0n) is 14.5. The number of hydrogen-bond donors (Lipinski definition) is 1. The number of carbonyl (C=O) groups is 1. The van der Waals surface area contributed by atoms with Crippen LogP contribution >= 0.6 is 0 Å². The number of carboxylic acid groups (broad SMARTS) is 1. The lowest BCUT2D eigenvalue weighted by Crippen LogP contribution is -2.48. The van der Waals surface area contributed by atoms with Gasteiger partial charge in [-0.15, -0.1) is 0 Å². The lowest BCUT2D eigenvalue weighted by atomic mass is 9.76. The molecule has 0 spiro atoms. The summed E-state index contributed by atoms with van der Waals surface area (Å²) >= 11 is 0. The Morgan fingerprint density at radius 2 is 2.04 bits per heavy atom. The molecule has 0 aromatic heterocycles. The second kappa shape index (κ2) is 8.96. The van der Waals surface area contributed by atoms with Crippen LogP contribution in [0.5, 0.6) is 0 Å². The van der Waals surface area contributed by atoms with Gasteiger partial charge in [-0.1, -0.05) is 0 Å². The van der Waals surface area contributed by atoms with Crippen LogP contribution in [0.2, 0.25) is 0 Å². The molecule has 1 heterocycles. The predicted octanol–water partition coefficient (Wildman–Crippen LogP) is 0.861. The predicted molar refractivity (Wildman–Crippen MR) is 88.9 cm³/mol. The van der Waals surface area contributed by atoms with E-state index >= 15 is 0 Å². The molecule has 1 N–H and O–H groups in total. The van der Waals surface area contributed by atoms with E-state index in [1.54, 1.807) is 7.11 Å². The van der Waals surface area contributed by atoms with Crippen LogP contribution in [-0.4, -0.2) is 81.9 Å². The average Bonchev–Trinajstić information content (AvgIpc) is 2.47. The van der Waals surface area contributed by atoms with Gasteiger partial charge < -0.3 is 14.7 Å². The van der Waals surface area contributed by atoms with Crippen molar-refractivity contribution in [3.8, 4) is 0 Å². The third kappa shape index (κ3) is 6.02. The van der Waals surface area contributed by atoms with E-state index in [9.17, 15) is 18.3 Å². The van der Waals surface area contributed by atoms with Gasteiger partial charge in [0.1, 0.15) is 0 Å². The van der Waals surface area contributed by atoms with Crippen molar-refractivity contribution in [1.82, 2.24) is 9.21 Å². The zero-order chi connectivity index (χ0) is 17.5. The van der Waals surface area contributed by atoms with Crippen LogP contribution in [0, 0.1) is 5.41 Å². The van der Waals surface area contributed by atoms with Crippen molar-refractivity contribution in [3.05, 3.63) is 0 Å². The number of aliphatic carboxylic acids is 1. The minimum absolute atomic E-state index is 0.0975. The Hall–Kier alpha value is -0.700. The van der Waals surface area contributed by atoms with Gasteiger partial charge in [0.15, 0.2) is 0 Å². The molecule has 0 saturated carbocycles. The quantitative estimate of drug-likeness (QED) is 0.588. The summed E-state index contributed by atoms with van der Waals surface area (Å²) < 4.78 is 29.8. The third-order valence-electron chi connectivity index (χ3n) is 4.55. The maximum atomic E-state index is 11.8. The number of likely N-dealkylation sites (tertiary alicyclic amines) is 1. The van der Waals surface area contributed by atoms with Gasteiger partial charge in [0.25, 0.3) is 0 Å². The first-order valence-corrected chi connectivity index (χ1v) is 9.69. The first-order chi connectivity index (χ1) is 10.7. The summed E-state index contributed by atoms with van der Waals surface area (Å²) in [6, 6.07) is 0. The topological polar surface area (TPSA) is 87.1 Å². The monoisotopic (exact) mass is 350 g/mol. The normalized spacial score (nSPS) is 23.3. The van der Waals surface area contributed by atoms with Crippen molar-refractivity contribution in [2.75, 3.05) is 53.2 Å². The molecule has 1 aliphatic rings. The van der Waals surface area contributed by atoms with Crippen molar-refractivity contribution in [2.45, 2.75) is 32.1 Å². The van der Waals surface area contributed by atoms with Crippen LogP contribution in [0.3, 0.4) is 0 Å². The van der Waals surface area contributed by atoms with Crippen LogP contribution in [0.25, 0.3) is 0 Å². The van der Waals surface area contributed by atoms with Gasteiger partial charge in [-0.25, -0.2) is 12.7 Å². The minimum atomic E-state index is -3.19. The van der Waals surface area contributed by atoms with Crippen molar-refractivity contribution in [1.29, 1.82) is 0 Å². The molecule has 0 amide bonds. The lowest BCUT2D eigenvalue weighted by molar-refractivity contribution is -0.153. The number of carboxylic acids is 1. The van der Waals surface area contributed by atoms with Crippen molar-refractivity contribution in [2.24, 2.45) is 5.41 Å². The molecule has 136 valence electrons. The molecule has 1 saturated heterocycles. The van der Waals surface area contributed by atoms with Crippen molar-refractivity contribution >= 4 is 16.0 Å². The SMILES string of the molecule is COCCCC1(C(=O)O)CCCN(CCCS(=O)(=O)N(C)C)C1. The first-order valence-electron chi connectivity index (χ1n) is 8.08. The minimum Gasteiger partial charge on any atom is -0.481 e. The smallest absolute Gasteiger partial charge is 0.310 e. The highest BCUT2D eigenvalue weighted by molar-refractivity contribution is 7.89. The Morgan fingerprint density at radius 3 is 2.61 bits per heavy atom. The number of hydrogen-bond acceptors (Lipinski definition) is 5. The number of ether oxygens (including phenoxy) is 1. The Balaban J connectivity index is 2.56. The Bertz CT molecular complexity index is 480. The molecule has 0 bridgehead atoms. The largest absolute Gasteiger partial charge is 0.481 e. The van der Waals surface area contributed by atoms with E-state index in [1.165, 1.54) is 18.4 Å². The fourth-order valence-electron chi connectivity index (χ4n) is 3.11. The van der Waals surface area contributed by atoms with Gasteiger partial charge >= 0.3 is 5.97 Å².